The molecule has 6 heteroatoms. The molecule has 0 N–H and O–H groups in total. The van der Waals surface area contributed by atoms with Crippen LogP contribution in [0.2, 0.25) is 0 Å². The standard InChI is InChI=1S/2C45H32NOP/c1-45(2)38-19-9-6-17-35(38)44-32(18-12-20-39(44)45)29-23-25-30(26-24-29)46-40-21-10-7-15-33(40)36-28-43-37(27-41(36)46)34-16-8-11-22-42(34)48(43,47)31-13-4-3-5-14-31;1-45(2)39-17-9-6-14-33(39)36-26-30(22-25-40(36)45)29-20-23-31(24-21-29)46-41-18-10-7-15-34(41)37-28-44-38(27-42(37)46)35-16-8-11-19-43(35)48(44,47)32-12-4-3-5-13-32/h2*3-28H,1-2H3. The number of hydrogen-bond donors (Lipinski definition) is 0. The van der Waals surface area contributed by atoms with Crippen molar-refractivity contribution in [3.63, 3.8) is 0 Å². The van der Waals surface area contributed by atoms with E-state index in [9.17, 15) is 0 Å². The zero-order valence-electron chi connectivity index (χ0n) is 53.6. The predicted molar refractivity (Wildman–Crippen MR) is 404 cm³/mol. The van der Waals surface area contributed by atoms with Crippen LogP contribution in [0.3, 0.4) is 0 Å². The van der Waals surface area contributed by atoms with Gasteiger partial charge < -0.3 is 18.3 Å². The summed E-state index contributed by atoms with van der Waals surface area (Å²) in [5.74, 6) is 0. The molecule has 0 fully saturated rings. The van der Waals surface area contributed by atoms with E-state index in [1.54, 1.807) is 0 Å². The average molecular weight is 1270 g/mol. The Balaban J connectivity index is 0.000000135. The van der Waals surface area contributed by atoms with Gasteiger partial charge in [0.25, 0.3) is 0 Å². The van der Waals surface area contributed by atoms with Crippen LogP contribution < -0.4 is 31.8 Å². The Labute approximate surface area is 558 Å². The summed E-state index contributed by atoms with van der Waals surface area (Å²) in [6.07, 6.45) is 0. The Hall–Kier alpha value is -10.9. The molecule has 0 spiro atoms. The number of nitrogens with zero attached hydrogens (tertiary/aromatic N) is 2. The molecule has 0 amide bonds. The molecule has 2 aliphatic heterocycles. The van der Waals surface area contributed by atoms with Gasteiger partial charge in [0.1, 0.15) is 0 Å². The van der Waals surface area contributed by atoms with Crippen LogP contribution in [0.1, 0.15) is 49.9 Å². The second-order valence-corrected chi connectivity index (χ2v) is 32.7. The van der Waals surface area contributed by atoms with Crippen LogP contribution in [0.15, 0.2) is 315 Å². The fourth-order valence-corrected chi connectivity index (χ4v) is 23.2. The van der Waals surface area contributed by atoms with Gasteiger partial charge in [-0.05, 0) is 156 Å². The predicted octanol–water partition coefficient (Wildman–Crippen LogP) is 20.8. The molecule has 4 aliphatic rings. The monoisotopic (exact) mass is 1270 g/mol. The van der Waals surface area contributed by atoms with Gasteiger partial charge >= 0.3 is 0 Å². The molecular weight excluding hydrogens is 1200 g/mol. The summed E-state index contributed by atoms with van der Waals surface area (Å²) in [6.45, 7) is 9.32. The minimum absolute atomic E-state index is 0.000374. The molecule has 2 aromatic heterocycles. The second kappa shape index (κ2) is 20.8. The van der Waals surface area contributed by atoms with Crippen molar-refractivity contribution in [2.24, 2.45) is 0 Å². The second-order valence-electron chi connectivity index (χ2n) is 27.3. The highest BCUT2D eigenvalue weighted by Gasteiger charge is 2.43. The Morgan fingerprint density at radius 3 is 1.19 bits per heavy atom. The Morgan fingerprint density at radius 2 is 0.646 bits per heavy atom. The Kier molecular flexibility index (Phi) is 12.3. The van der Waals surface area contributed by atoms with E-state index in [-0.39, 0.29) is 10.8 Å². The highest BCUT2D eigenvalue weighted by Crippen LogP contribution is 2.57. The van der Waals surface area contributed by atoms with Crippen molar-refractivity contribution >= 4 is 89.7 Å². The van der Waals surface area contributed by atoms with E-state index in [1.807, 2.05) is 72.8 Å². The number of fused-ring (bicyclic) bond motifs is 18. The highest BCUT2D eigenvalue weighted by molar-refractivity contribution is 7.87. The SMILES string of the molecule is CC1(C)c2ccccc2-c2c(-c3ccc(-n4c5ccccc5c5cc6c(cc54)-c4ccccc4P6(=O)c4ccccc4)cc3)cccc21.CC1(C)c2ccccc2-c2cc(-c3ccc(-n4c5ccccc5c5cc6c(cc54)-c4ccccc4P6(=O)c4ccccc4)cc3)ccc21. The summed E-state index contributed by atoms with van der Waals surface area (Å²) < 4.78 is 35.3. The third-order valence-corrected chi connectivity index (χ3v) is 27.9. The van der Waals surface area contributed by atoms with Crippen molar-refractivity contribution in [3.8, 4) is 78.1 Å². The van der Waals surface area contributed by atoms with Crippen LogP contribution in [0, 0.1) is 0 Å². The van der Waals surface area contributed by atoms with Crippen LogP contribution in [-0.2, 0) is 20.0 Å². The van der Waals surface area contributed by atoms with Crippen LogP contribution >= 0.6 is 14.3 Å². The smallest absolute Gasteiger partial charge is 0.172 e. The molecule has 4 heterocycles. The fraction of sp³-hybridized carbons (Fsp3) is 0.0667. The maximum absolute atomic E-state index is 15.3. The van der Waals surface area contributed by atoms with Gasteiger partial charge in [0.05, 0.1) is 22.1 Å². The minimum atomic E-state index is -3.04. The van der Waals surface area contributed by atoms with E-state index in [2.05, 4.69) is 279 Å². The number of rotatable bonds is 6. The molecule has 456 valence electrons. The van der Waals surface area contributed by atoms with Gasteiger partial charge in [-0.2, -0.15) is 0 Å². The van der Waals surface area contributed by atoms with Crippen LogP contribution in [0.4, 0.5) is 0 Å². The van der Waals surface area contributed by atoms with Crippen LogP contribution in [0.25, 0.3) is 122 Å². The first kappa shape index (κ1) is 56.7. The molecule has 96 heavy (non-hydrogen) atoms. The van der Waals surface area contributed by atoms with Crippen molar-refractivity contribution < 1.29 is 9.13 Å². The molecule has 0 bridgehead atoms. The highest BCUT2D eigenvalue weighted by atomic mass is 31.2. The van der Waals surface area contributed by atoms with Gasteiger partial charge in [-0.3, -0.25) is 0 Å². The quantitative estimate of drug-likeness (QED) is 0.156. The first-order valence-electron chi connectivity index (χ1n) is 33.3. The molecule has 4 nitrogen and oxygen atoms in total. The molecule has 0 saturated heterocycles. The average Bonchev–Trinajstić information content (AvgIpc) is 1.56. The lowest BCUT2D eigenvalue weighted by atomic mass is 9.82. The van der Waals surface area contributed by atoms with Gasteiger partial charge in [0, 0.05) is 75.6 Å². The van der Waals surface area contributed by atoms with E-state index in [4.69, 9.17) is 0 Å². The van der Waals surface area contributed by atoms with Gasteiger partial charge in [-0.1, -0.05) is 276 Å². The molecule has 2 atom stereocenters. The van der Waals surface area contributed by atoms with Crippen LogP contribution in [0.5, 0.6) is 0 Å². The molecule has 2 unspecified atom stereocenters. The number of benzene rings is 14. The van der Waals surface area contributed by atoms with Crippen molar-refractivity contribution in [2.45, 2.75) is 38.5 Å². The van der Waals surface area contributed by atoms with Gasteiger partial charge in [0.2, 0.25) is 0 Å². The fourth-order valence-electron chi connectivity index (χ4n) is 17.0. The first-order chi connectivity index (χ1) is 46.9. The van der Waals surface area contributed by atoms with E-state index in [0.717, 1.165) is 109 Å². The topological polar surface area (TPSA) is 44.0 Å². The van der Waals surface area contributed by atoms with Crippen molar-refractivity contribution in [1.82, 2.24) is 9.13 Å². The maximum Gasteiger partial charge on any atom is 0.172 e. The molecule has 20 rings (SSSR count). The van der Waals surface area contributed by atoms with E-state index in [0.29, 0.717) is 0 Å². The summed E-state index contributed by atoms with van der Waals surface area (Å²) in [6, 6.07) is 112. The third-order valence-electron chi connectivity index (χ3n) is 21.7. The zero-order chi connectivity index (χ0) is 64.4. The first-order valence-corrected chi connectivity index (χ1v) is 36.7. The largest absolute Gasteiger partial charge is 0.309 e. The Bertz CT molecular complexity index is 6070. The maximum atomic E-state index is 15.3. The van der Waals surface area contributed by atoms with E-state index >= 15 is 9.13 Å². The Morgan fingerprint density at radius 1 is 0.250 bits per heavy atom. The summed E-state index contributed by atoms with van der Waals surface area (Å²) in [5.41, 5.74) is 26.8. The minimum Gasteiger partial charge on any atom is -0.309 e. The lowest BCUT2D eigenvalue weighted by Crippen LogP contribution is -2.20. The van der Waals surface area contributed by atoms with E-state index < -0.39 is 14.3 Å². The normalized spacial score (nSPS) is 16.9. The summed E-state index contributed by atoms with van der Waals surface area (Å²) >= 11 is 0. The van der Waals surface area contributed by atoms with Crippen molar-refractivity contribution in [1.29, 1.82) is 0 Å². The summed E-state index contributed by atoms with van der Waals surface area (Å²) in [7, 11) is -6.07. The lowest BCUT2D eigenvalue weighted by molar-refractivity contribution is 0.592. The van der Waals surface area contributed by atoms with Crippen molar-refractivity contribution in [2.75, 3.05) is 0 Å². The van der Waals surface area contributed by atoms with E-state index in [1.165, 1.54) is 66.8 Å². The van der Waals surface area contributed by atoms with Crippen LogP contribution in [-0.4, -0.2) is 9.13 Å². The molecule has 16 aromatic rings. The molecular formula is C90H64N2O2P2. The molecule has 0 saturated carbocycles. The summed E-state index contributed by atoms with van der Waals surface area (Å²) in [4.78, 5) is 0. The van der Waals surface area contributed by atoms with Gasteiger partial charge in [0.15, 0.2) is 14.3 Å². The third kappa shape index (κ3) is 7.92. The number of aromatic nitrogens is 2. The molecule has 2 aliphatic carbocycles. The van der Waals surface area contributed by atoms with Crippen molar-refractivity contribution in [3.05, 3.63) is 338 Å². The number of hydrogen-bond acceptors (Lipinski definition) is 2. The van der Waals surface area contributed by atoms with Gasteiger partial charge in [-0.25, -0.2) is 0 Å². The summed E-state index contributed by atoms with van der Waals surface area (Å²) in [5, 5.41) is 10.1. The van der Waals surface area contributed by atoms with Gasteiger partial charge in [-0.15, -0.1) is 0 Å². The lowest BCUT2D eigenvalue weighted by Gasteiger charge is -2.21. The molecule has 0 radical (unpaired) electrons. The number of para-hydroxylation sites is 2. The zero-order valence-corrected chi connectivity index (χ0v) is 55.4. The molecule has 14 aromatic carbocycles.